The molecular formula is C18H24N4O. The molecule has 1 heterocycles. The number of hydrogen-bond acceptors (Lipinski definition) is 4. The molecule has 5 heteroatoms. The topological polar surface area (TPSA) is 66.9 Å². The van der Waals surface area contributed by atoms with Gasteiger partial charge in [0.2, 0.25) is 0 Å². The Kier molecular flexibility index (Phi) is 4.98. The van der Waals surface area contributed by atoms with Crippen molar-refractivity contribution in [2.75, 3.05) is 10.6 Å². The molecule has 122 valence electrons. The van der Waals surface area contributed by atoms with Crippen molar-refractivity contribution >= 4 is 17.4 Å². The predicted octanol–water partition coefficient (Wildman–Crippen LogP) is 3.85. The summed E-state index contributed by atoms with van der Waals surface area (Å²) in [4.78, 5) is 20.5. The van der Waals surface area contributed by atoms with Gasteiger partial charge in [-0.2, -0.15) is 0 Å². The average molecular weight is 312 g/mol. The van der Waals surface area contributed by atoms with Crippen LogP contribution in [0.15, 0.2) is 36.7 Å². The molecule has 2 aromatic rings. The highest BCUT2D eigenvalue weighted by Crippen LogP contribution is 2.23. The minimum absolute atomic E-state index is 0.0905. The molecule has 1 aromatic carbocycles. The maximum atomic E-state index is 12.2. The quantitative estimate of drug-likeness (QED) is 0.900. The van der Waals surface area contributed by atoms with E-state index >= 15 is 0 Å². The first-order valence-electron chi connectivity index (χ1n) is 7.76. The minimum Gasteiger partial charge on any atom is -0.367 e. The number of carbonyl (C=O) groups excluding carboxylic acids is 1. The van der Waals surface area contributed by atoms with Crippen LogP contribution < -0.4 is 10.6 Å². The van der Waals surface area contributed by atoms with Crippen LogP contribution >= 0.6 is 0 Å². The SMILES string of the molecule is CC(C)Nc1cnc(C(=O)Nc2ccc(C(C)(C)C)cc2)cn1. The number of anilines is 2. The summed E-state index contributed by atoms with van der Waals surface area (Å²) in [6, 6.07) is 8.13. The molecule has 0 aliphatic heterocycles. The second-order valence-electron chi connectivity index (χ2n) is 6.87. The predicted molar refractivity (Wildman–Crippen MR) is 93.9 cm³/mol. The highest BCUT2D eigenvalue weighted by atomic mass is 16.1. The number of rotatable bonds is 4. The summed E-state index contributed by atoms with van der Waals surface area (Å²) in [6.45, 7) is 10.5. The average Bonchev–Trinajstić information content (AvgIpc) is 2.47. The zero-order chi connectivity index (χ0) is 17.0. The number of nitrogens with zero attached hydrogens (tertiary/aromatic N) is 2. The van der Waals surface area contributed by atoms with E-state index in [1.165, 1.54) is 11.8 Å². The van der Waals surface area contributed by atoms with E-state index in [0.29, 0.717) is 11.5 Å². The zero-order valence-corrected chi connectivity index (χ0v) is 14.3. The van der Waals surface area contributed by atoms with Crippen LogP contribution in [-0.2, 0) is 5.41 Å². The monoisotopic (exact) mass is 312 g/mol. The Morgan fingerprint density at radius 3 is 2.17 bits per heavy atom. The lowest BCUT2D eigenvalue weighted by atomic mass is 9.87. The Labute approximate surface area is 137 Å². The molecule has 0 saturated carbocycles. The number of benzene rings is 1. The molecule has 23 heavy (non-hydrogen) atoms. The molecular weight excluding hydrogens is 288 g/mol. The van der Waals surface area contributed by atoms with Crippen LogP contribution in [0.3, 0.4) is 0 Å². The number of aromatic nitrogens is 2. The van der Waals surface area contributed by atoms with Gasteiger partial charge in [-0.15, -0.1) is 0 Å². The van der Waals surface area contributed by atoms with Gasteiger partial charge < -0.3 is 10.6 Å². The van der Waals surface area contributed by atoms with Crippen molar-refractivity contribution in [3.05, 3.63) is 47.9 Å². The highest BCUT2D eigenvalue weighted by Gasteiger charge is 2.14. The summed E-state index contributed by atoms with van der Waals surface area (Å²) in [5.41, 5.74) is 2.35. The summed E-state index contributed by atoms with van der Waals surface area (Å²) in [5.74, 6) is 0.392. The molecule has 5 nitrogen and oxygen atoms in total. The Bertz CT molecular complexity index is 655. The second-order valence-corrected chi connectivity index (χ2v) is 6.87. The molecule has 2 rings (SSSR count). The molecule has 0 radical (unpaired) electrons. The van der Waals surface area contributed by atoms with Crippen molar-refractivity contribution in [1.82, 2.24) is 9.97 Å². The van der Waals surface area contributed by atoms with Gasteiger partial charge in [0.15, 0.2) is 0 Å². The zero-order valence-electron chi connectivity index (χ0n) is 14.3. The van der Waals surface area contributed by atoms with Gasteiger partial charge in [-0.3, -0.25) is 4.79 Å². The molecule has 0 spiro atoms. The van der Waals surface area contributed by atoms with Gasteiger partial charge in [0.1, 0.15) is 11.5 Å². The van der Waals surface area contributed by atoms with Gasteiger partial charge in [-0.25, -0.2) is 9.97 Å². The Hall–Kier alpha value is -2.43. The van der Waals surface area contributed by atoms with E-state index in [1.807, 2.05) is 38.1 Å². The summed E-state index contributed by atoms with van der Waals surface area (Å²) in [5, 5.41) is 5.97. The number of hydrogen-bond donors (Lipinski definition) is 2. The van der Waals surface area contributed by atoms with Crippen molar-refractivity contribution < 1.29 is 4.79 Å². The lowest BCUT2D eigenvalue weighted by Gasteiger charge is -2.19. The molecule has 0 fully saturated rings. The van der Waals surface area contributed by atoms with Crippen molar-refractivity contribution in [3.63, 3.8) is 0 Å². The van der Waals surface area contributed by atoms with E-state index in [1.54, 1.807) is 6.20 Å². The standard InChI is InChI=1S/C18H24N4O/c1-12(2)21-16-11-19-15(10-20-16)17(23)22-14-8-6-13(7-9-14)18(3,4)5/h6-12H,1-5H3,(H,20,21)(H,22,23). The molecule has 1 aromatic heterocycles. The largest absolute Gasteiger partial charge is 0.367 e. The smallest absolute Gasteiger partial charge is 0.275 e. The van der Waals surface area contributed by atoms with E-state index < -0.39 is 0 Å². The van der Waals surface area contributed by atoms with Crippen LogP contribution in [-0.4, -0.2) is 21.9 Å². The first kappa shape index (κ1) is 16.9. The normalized spacial score (nSPS) is 11.4. The molecule has 0 unspecified atom stereocenters. The van der Waals surface area contributed by atoms with Crippen LogP contribution in [0.4, 0.5) is 11.5 Å². The van der Waals surface area contributed by atoms with Crippen molar-refractivity contribution in [2.24, 2.45) is 0 Å². The van der Waals surface area contributed by atoms with Crippen molar-refractivity contribution in [1.29, 1.82) is 0 Å². The lowest BCUT2D eigenvalue weighted by Crippen LogP contribution is -2.16. The third kappa shape index (κ3) is 4.77. The molecule has 0 aliphatic rings. The molecule has 0 saturated heterocycles. The molecule has 0 aliphatic carbocycles. The number of nitrogens with one attached hydrogen (secondary N) is 2. The number of carbonyl (C=O) groups is 1. The van der Waals surface area contributed by atoms with E-state index in [9.17, 15) is 4.79 Å². The third-order valence-electron chi connectivity index (χ3n) is 3.33. The van der Waals surface area contributed by atoms with E-state index in [4.69, 9.17) is 0 Å². The van der Waals surface area contributed by atoms with Gasteiger partial charge >= 0.3 is 0 Å². The van der Waals surface area contributed by atoms with Crippen LogP contribution in [0, 0.1) is 0 Å². The van der Waals surface area contributed by atoms with Crippen LogP contribution in [0.25, 0.3) is 0 Å². The number of amides is 1. The highest BCUT2D eigenvalue weighted by molar-refractivity contribution is 6.02. The van der Waals surface area contributed by atoms with Crippen LogP contribution in [0.1, 0.15) is 50.7 Å². The van der Waals surface area contributed by atoms with Crippen LogP contribution in [0.5, 0.6) is 0 Å². The van der Waals surface area contributed by atoms with Crippen LogP contribution in [0.2, 0.25) is 0 Å². The maximum absolute atomic E-state index is 12.2. The van der Waals surface area contributed by atoms with Gasteiger partial charge in [-0.05, 0) is 37.0 Å². The third-order valence-corrected chi connectivity index (χ3v) is 3.33. The van der Waals surface area contributed by atoms with Crippen molar-refractivity contribution in [3.8, 4) is 0 Å². The maximum Gasteiger partial charge on any atom is 0.275 e. The molecule has 0 atom stereocenters. The summed E-state index contributed by atoms with van der Waals surface area (Å²) in [7, 11) is 0. The fourth-order valence-electron chi connectivity index (χ4n) is 2.06. The first-order chi connectivity index (χ1) is 10.8. The summed E-state index contributed by atoms with van der Waals surface area (Å²) in [6.07, 6.45) is 3.04. The lowest BCUT2D eigenvalue weighted by molar-refractivity contribution is 0.102. The minimum atomic E-state index is -0.267. The molecule has 0 bridgehead atoms. The van der Waals surface area contributed by atoms with Crippen molar-refractivity contribution in [2.45, 2.75) is 46.1 Å². The van der Waals surface area contributed by atoms with Gasteiger partial charge in [0.05, 0.1) is 12.4 Å². The Morgan fingerprint density at radius 2 is 1.70 bits per heavy atom. The van der Waals surface area contributed by atoms with Gasteiger partial charge in [0, 0.05) is 11.7 Å². The first-order valence-corrected chi connectivity index (χ1v) is 7.76. The fraction of sp³-hybridized carbons (Fsp3) is 0.389. The Morgan fingerprint density at radius 1 is 1.04 bits per heavy atom. The second kappa shape index (κ2) is 6.77. The summed E-state index contributed by atoms with van der Waals surface area (Å²) >= 11 is 0. The van der Waals surface area contributed by atoms with E-state index in [-0.39, 0.29) is 17.4 Å². The molecule has 2 N–H and O–H groups in total. The van der Waals surface area contributed by atoms with E-state index in [2.05, 4.69) is 41.4 Å². The van der Waals surface area contributed by atoms with E-state index in [0.717, 1.165) is 5.69 Å². The summed E-state index contributed by atoms with van der Waals surface area (Å²) < 4.78 is 0. The Balaban J connectivity index is 2.04. The van der Waals surface area contributed by atoms with Gasteiger partial charge in [0.25, 0.3) is 5.91 Å². The fourth-order valence-corrected chi connectivity index (χ4v) is 2.06. The molecule has 1 amide bonds. The van der Waals surface area contributed by atoms with Gasteiger partial charge in [-0.1, -0.05) is 32.9 Å².